The highest BCUT2D eigenvalue weighted by Gasteiger charge is 2.14. The van der Waals surface area contributed by atoms with Crippen LogP contribution in [0.3, 0.4) is 0 Å². The van der Waals surface area contributed by atoms with Crippen LogP contribution in [0, 0.1) is 6.92 Å². The number of aryl methyl sites for hydroxylation is 1. The Balaban J connectivity index is 2.47. The van der Waals surface area contributed by atoms with Gasteiger partial charge in [0.1, 0.15) is 5.75 Å². The smallest absolute Gasteiger partial charge is 0.128 e. The first-order chi connectivity index (χ1) is 8.76. The van der Waals surface area contributed by atoms with Crippen LogP contribution in [-0.2, 0) is 6.42 Å². The van der Waals surface area contributed by atoms with Crippen LogP contribution >= 0.6 is 11.3 Å². The fourth-order valence-corrected chi connectivity index (χ4v) is 2.89. The Morgan fingerprint density at radius 2 is 2.11 bits per heavy atom. The van der Waals surface area contributed by atoms with E-state index in [1.54, 1.807) is 11.3 Å². The van der Waals surface area contributed by atoms with Crippen LogP contribution in [0.25, 0.3) is 11.3 Å². The topological polar surface area (TPSA) is 48.1 Å². The summed E-state index contributed by atoms with van der Waals surface area (Å²) in [7, 11) is 0. The Kier molecular flexibility index (Phi) is 4.33. The zero-order chi connectivity index (χ0) is 13.0. The number of hydrogen-bond acceptors (Lipinski definition) is 4. The number of rotatable bonds is 5. The first-order valence-corrected chi connectivity index (χ1v) is 6.96. The SMILES string of the molecule is CCOc1ccccc1-c1nc(C)sc1CCN. The van der Waals surface area contributed by atoms with Crippen molar-refractivity contribution >= 4 is 11.3 Å². The fourth-order valence-electron chi connectivity index (χ4n) is 1.92. The van der Waals surface area contributed by atoms with Crippen molar-refractivity contribution in [2.45, 2.75) is 20.3 Å². The van der Waals surface area contributed by atoms with Gasteiger partial charge >= 0.3 is 0 Å². The largest absolute Gasteiger partial charge is 0.493 e. The molecule has 18 heavy (non-hydrogen) atoms. The average Bonchev–Trinajstić information content (AvgIpc) is 2.72. The van der Waals surface area contributed by atoms with Crippen molar-refractivity contribution in [1.29, 1.82) is 0 Å². The van der Waals surface area contributed by atoms with Gasteiger partial charge in [-0.25, -0.2) is 4.98 Å². The van der Waals surface area contributed by atoms with Gasteiger partial charge in [-0.1, -0.05) is 12.1 Å². The molecule has 2 aromatic rings. The van der Waals surface area contributed by atoms with Crippen LogP contribution in [-0.4, -0.2) is 18.1 Å². The molecule has 4 heteroatoms. The predicted molar refractivity (Wildman–Crippen MR) is 76.2 cm³/mol. The number of benzene rings is 1. The van der Waals surface area contributed by atoms with E-state index in [0.29, 0.717) is 13.2 Å². The minimum atomic E-state index is 0.644. The molecular formula is C14H18N2OS. The average molecular weight is 262 g/mol. The Morgan fingerprint density at radius 1 is 1.33 bits per heavy atom. The standard InChI is InChI=1S/C14H18N2OS/c1-3-17-12-7-5-4-6-11(12)14-13(8-9-15)18-10(2)16-14/h4-7H,3,8-9,15H2,1-2H3. The third-order valence-corrected chi connectivity index (χ3v) is 3.65. The molecule has 0 bridgehead atoms. The second-order valence-corrected chi connectivity index (χ2v) is 5.26. The van der Waals surface area contributed by atoms with Gasteiger partial charge in [-0.3, -0.25) is 0 Å². The van der Waals surface area contributed by atoms with E-state index in [9.17, 15) is 0 Å². The lowest BCUT2D eigenvalue weighted by molar-refractivity contribution is 0.341. The number of thiazole rings is 1. The van der Waals surface area contributed by atoms with Gasteiger partial charge in [0, 0.05) is 10.4 Å². The second kappa shape index (κ2) is 5.98. The van der Waals surface area contributed by atoms with Gasteiger partial charge in [-0.2, -0.15) is 0 Å². The summed E-state index contributed by atoms with van der Waals surface area (Å²) in [5.74, 6) is 0.892. The van der Waals surface area contributed by atoms with E-state index < -0.39 is 0 Å². The third-order valence-electron chi connectivity index (χ3n) is 2.62. The van der Waals surface area contributed by atoms with Gasteiger partial charge in [0.05, 0.1) is 17.3 Å². The van der Waals surface area contributed by atoms with Crippen molar-refractivity contribution < 1.29 is 4.74 Å². The Labute approximate surface area is 112 Å². The molecule has 1 aromatic carbocycles. The molecule has 3 nitrogen and oxygen atoms in total. The van der Waals surface area contributed by atoms with Crippen molar-refractivity contribution in [3.8, 4) is 17.0 Å². The number of nitrogens with two attached hydrogens (primary N) is 1. The molecular weight excluding hydrogens is 244 g/mol. The highest BCUT2D eigenvalue weighted by Crippen LogP contribution is 2.34. The molecule has 2 N–H and O–H groups in total. The van der Waals surface area contributed by atoms with Gasteiger partial charge in [0.2, 0.25) is 0 Å². The molecule has 2 rings (SSSR count). The lowest BCUT2D eigenvalue weighted by Gasteiger charge is -2.09. The third kappa shape index (κ3) is 2.71. The molecule has 0 radical (unpaired) electrons. The molecule has 96 valence electrons. The van der Waals surface area contributed by atoms with E-state index in [-0.39, 0.29) is 0 Å². The van der Waals surface area contributed by atoms with Gasteiger partial charge in [-0.15, -0.1) is 11.3 Å². The molecule has 0 spiro atoms. The zero-order valence-corrected chi connectivity index (χ0v) is 11.6. The van der Waals surface area contributed by atoms with Gasteiger partial charge in [-0.05, 0) is 38.9 Å². The molecule has 0 aliphatic rings. The number of ether oxygens (including phenoxy) is 1. The number of para-hydroxylation sites is 1. The Morgan fingerprint density at radius 3 is 2.83 bits per heavy atom. The highest BCUT2D eigenvalue weighted by atomic mass is 32.1. The lowest BCUT2D eigenvalue weighted by Crippen LogP contribution is -2.02. The molecule has 0 aliphatic carbocycles. The van der Waals surface area contributed by atoms with Gasteiger partial charge in [0.15, 0.2) is 0 Å². The normalized spacial score (nSPS) is 10.6. The second-order valence-electron chi connectivity index (χ2n) is 3.97. The van der Waals surface area contributed by atoms with E-state index in [1.165, 1.54) is 4.88 Å². The van der Waals surface area contributed by atoms with Crippen LogP contribution in [0.15, 0.2) is 24.3 Å². The molecule has 1 heterocycles. The molecule has 0 amide bonds. The zero-order valence-electron chi connectivity index (χ0n) is 10.8. The summed E-state index contributed by atoms with van der Waals surface area (Å²) in [6, 6.07) is 8.04. The predicted octanol–water partition coefficient (Wildman–Crippen LogP) is 3.02. The van der Waals surface area contributed by atoms with E-state index in [2.05, 4.69) is 11.1 Å². The molecule has 0 aliphatic heterocycles. The van der Waals surface area contributed by atoms with Crippen molar-refractivity contribution in [2.75, 3.05) is 13.2 Å². The Hall–Kier alpha value is -1.39. The summed E-state index contributed by atoms with van der Waals surface area (Å²) < 4.78 is 5.67. The number of hydrogen-bond donors (Lipinski definition) is 1. The van der Waals surface area contributed by atoms with Crippen molar-refractivity contribution in [3.05, 3.63) is 34.2 Å². The number of nitrogens with zero attached hydrogens (tertiary/aromatic N) is 1. The van der Waals surface area contributed by atoms with Crippen LogP contribution in [0.2, 0.25) is 0 Å². The van der Waals surface area contributed by atoms with Crippen LogP contribution < -0.4 is 10.5 Å². The molecule has 0 saturated carbocycles. The summed E-state index contributed by atoms with van der Waals surface area (Å²) in [6.07, 6.45) is 0.862. The van der Waals surface area contributed by atoms with Crippen LogP contribution in [0.1, 0.15) is 16.8 Å². The van der Waals surface area contributed by atoms with Crippen LogP contribution in [0.5, 0.6) is 5.75 Å². The van der Waals surface area contributed by atoms with E-state index in [0.717, 1.165) is 28.4 Å². The maximum atomic E-state index is 5.67. The quantitative estimate of drug-likeness (QED) is 0.901. The maximum Gasteiger partial charge on any atom is 0.128 e. The minimum absolute atomic E-state index is 0.644. The van der Waals surface area contributed by atoms with E-state index in [1.807, 2.05) is 32.0 Å². The maximum absolute atomic E-state index is 5.67. The summed E-state index contributed by atoms with van der Waals surface area (Å²) in [4.78, 5) is 5.86. The monoisotopic (exact) mass is 262 g/mol. The molecule has 0 unspecified atom stereocenters. The molecule has 0 saturated heterocycles. The summed E-state index contributed by atoms with van der Waals surface area (Å²) in [5, 5.41) is 1.07. The highest BCUT2D eigenvalue weighted by molar-refractivity contribution is 7.12. The van der Waals surface area contributed by atoms with Gasteiger partial charge in [0.25, 0.3) is 0 Å². The Bertz CT molecular complexity index is 522. The van der Waals surface area contributed by atoms with Crippen LogP contribution in [0.4, 0.5) is 0 Å². The number of aromatic nitrogens is 1. The summed E-state index contributed by atoms with van der Waals surface area (Å²) >= 11 is 1.71. The van der Waals surface area contributed by atoms with E-state index >= 15 is 0 Å². The minimum Gasteiger partial charge on any atom is -0.493 e. The first kappa shape index (κ1) is 13.1. The van der Waals surface area contributed by atoms with Crippen molar-refractivity contribution in [1.82, 2.24) is 4.98 Å². The summed E-state index contributed by atoms with van der Waals surface area (Å²) in [6.45, 7) is 5.32. The van der Waals surface area contributed by atoms with Gasteiger partial charge < -0.3 is 10.5 Å². The molecule has 1 aromatic heterocycles. The van der Waals surface area contributed by atoms with Crippen molar-refractivity contribution in [3.63, 3.8) is 0 Å². The summed E-state index contributed by atoms with van der Waals surface area (Å²) in [5.41, 5.74) is 7.74. The molecule has 0 atom stereocenters. The molecule has 0 fully saturated rings. The fraction of sp³-hybridized carbons (Fsp3) is 0.357. The van der Waals surface area contributed by atoms with Crippen molar-refractivity contribution in [2.24, 2.45) is 5.73 Å². The van der Waals surface area contributed by atoms with E-state index in [4.69, 9.17) is 10.5 Å². The lowest BCUT2D eigenvalue weighted by atomic mass is 10.1. The first-order valence-electron chi connectivity index (χ1n) is 6.14.